The van der Waals surface area contributed by atoms with Gasteiger partial charge in [0.2, 0.25) is 5.91 Å². The second-order valence-electron chi connectivity index (χ2n) is 9.59. The number of amides is 3. The fraction of sp³-hybridized carbons (Fsp3) is 0.423. The molecular weight excluding hydrogens is 470 g/mol. The number of hydrogen-bond donors (Lipinski definition) is 3. The van der Waals surface area contributed by atoms with Crippen LogP contribution in [0, 0.1) is 6.92 Å². The molecule has 0 aliphatic rings. The molecule has 0 saturated heterocycles. The maximum atomic E-state index is 13.7. The molecule has 0 aliphatic heterocycles. The minimum absolute atomic E-state index is 0.144. The van der Waals surface area contributed by atoms with E-state index < -0.39 is 41.6 Å². The molecule has 190 valence electrons. The number of halogens is 1. The van der Waals surface area contributed by atoms with Crippen LogP contribution in [0.25, 0.3) is 0 Å². The Morgan fingerprint density at radius 1 is 1.03 bits per heavy atom. The molecule has 0 bridgehead atoms. The lowest BCUT2D eigenvalue weighted by Crippen LogP contribution is -2.53. The van der Waals surface area contributed by atoms with Gasteiger partial charge >= 0.3 is 6.09 Å². The number of rotatable bonds is 7. The van der Waals surface area contributed by atoms with Crippen LogP contribution >= 0.6 is 11.6 Å². The number of anilines is 1. The maximum absolute atomic E-state index is 13.7. The molecule has 3 N–H and O–H groups in total. The summed E-state index contributed by atoms with van der Waals surface area (Å²) in [6, 6.07) is 8.86. The second kappa shape index (κ2) is 11.4. The van der Waals surface area contributed by atoms with E-state index in [0.717, 1.165) is 5.56 Å². The van der Waals surface area contributed by atoms with Crippen LogP contribution in [-0.2, 0) is 14.3 Å². The lowest BCUT2D eigenvalue weighted by atomic mass is 10.00. The fourth-order valence-electron chi connectivity index (χ4n) is 3.57. The molecule has 2 atom stereocenters. The summed E-state index contributed by atoms with van der Waals surface area (Å²) in [6.45, 7) is 12.0. The van der Waals surface area contributed by atoms with Crippen LogP contribution in [0.15, 0.2) is 42.5 Å². The highest BCUT2D eigenvalue weighted by atomic mass is 35.5. The quantitative estimate of drug-likeness (QED) is 0.482. The first-order chi connectivity index (χ1) is 16.2. The van der Waals surface area contributed by atoms with E-state index in [9.17, 15) is 19.5 Å². The molecule has 2 aromatic carbocycles. The molecule has 9 heteroatoms. The third-order valence-corrected chi connectivity index (χ3v) is 5.46. The highest BCUT2D eigenvalue weighted by molar-refractivity contribution is 6.34. The number of benzene rings is 2. The largest absolute Gasteiger partial charge is 0.508 e. The summed E-state index contributed by atoms with van der Waals surface area (Å²) < 4.78 is 5.26. The molecule has 0 aliphatic carbocycles. The molecule has 3 amide bonds. The van der Waals surface area contributed by atoms with Crippen LogP contribution in [0.1, 0.15) is 58.7 Å². The molecule has 8 nitrogen and oxygen atoms in total. The van der Waals surface area contributed by atoms with E-state index >= 15 is 0 Å². The standard InChI is InChI=1S/C26H34ClN3O5/c1-15(2)30(24(33)17(4)28-25(34)35-26(5,6)7)22(18-12-8-9-14-20(18)31)23(32)29-21-16(3)11-10-13-19(21)27/h8-15,17,22,31H,1-7H3,(H,28,34)(H,29,32). The van der Waals surface area contributed by atoms with Crippen molar-refractivity contribution in [2.24, 2.45) is 0 Å². The Kier molecular flexibility index (Phi) is 9.15. The highest BCUT2D eigenvalue weighted by Gasteiger charge is 2.37. The number of phenolic OH excluding ortho intramolecular Hbond substituents is 1. The van der Waals surface area contributed by atoms with Gasteiger partial charge in [-0.3, -0.25) is 9.59 Å². The summed E-state index contributed by atoms with van der Waals surface area (Å²) in [6.07, 6.45) is -0.752. The molecule has 0 spiro atoms. The number of hydrogen-bond acceptors (Lipinski definition) is 5. The monoisotopic (exact) mass is 503 g/mol. The molecule has 35 heavy (non-hydrogen) atoms. The van der Waals surface area contributed by atoms with Gasteiger partial charge in [0.15, 0.2) is 0 Å². The van der Waals surface area contributed by atoms with Gasteiger partial charge in [-0.05, 0) is 66.2 Å². The molecule has 2 rings (SSSR count). The van der Waals surface area contributed by atoms with Gasteiger partial charge in [-0.25, -0.2) is 4.79 Å². The minimum atomic E-state index is -1.21. The number of nitrogens with zero attached hydrogens (tertiary/aromatic N) is 1. The van der Waals surface area contributed by atoms with Crippen LogP contribution in [0.5, 0.6) is 5.75 Å². The van der Waals surface area contributed by atoms with Crippen molar-refractivity contribution in [3.05, 3.63) is 58.6 Å². The van der Waals surface area contributed by atoms with Gasteiger partial charge < -0.3 is 25.4 Å². The minimum Gasteiger partial charge on any atom is -0.508 e. The predicted octanol–water partition coefficient (Wildman–Crippen LogP) is 5.18. The second-order valence-corrected chi connectivity index (χ2v) is 10.00. The van der Waals surface area contributed by atoms with Crippen molar-refractivity contribution >= 4 is 35.2 Å². The van der Waals surface area contributed by atoms with Crippen molar-refractivity contribution < 1.29 is 24.2 Å². The Labute approximate surface area is 211 Å². The van der Waals surface area contributed by atoms with E-state index in [1.165, 1.54) is 17.9 Å². The van der Waals surface area contributed by atoms with Crippen LogP contribution in [-0.4, -0.2) is 45.6 Å². The number of alkyl carbamates (subject to hydrolysis) is 1. The molecule has 0 aromatic heterocycles. The van der Waals surface area contributed by atoms with Crippen molar-refractivity contribution in [3.63, 3.8) is 0 Å². The van der Waals surface area contributed by atoms with Gasteiger partial charge in [0.25, 0.3) is 5.91 Å². The van der Waals surface area contributed by atoms with Gasteiger partial charge in [-0.15, -0.1) is 0 Å². The molecule has 0 fully saturated rings. The molecule has 0 heterocycles. The lowest BCUT2D eigenvalue weighted by molar-refractivity contribution is -0.142. The number of nitrogens with one attached hydrogen (secondary N) is 2. The average Bonchev–Trinajstić information content (AvgIpc) is 2.73. The highest BCUT2D eigenvalue weighted by Crippen LogP contribution is 2.33. The van der Waals surface area contributed by atoms with E-state index in [-0.39, 0.29) is 11.3 Å². The normalized spacial score (nSPS) is 13.1. The Balaban J connectivity index is 2.47. The van der Waals surface area contributed by atoms with Crippen LogP contribution in [0.3, 0.4) is 0 Å². The summed E-state index contributed by atoms with van der Waals surface area (Å²) in [7, 11) is 0. The summed E-state index contributed by atoms with van der Waals surface area (Å²) in [5.74, 6) is -1.23. The SMILES string of the molecule is Cc1cccc(Cl)c1NC(=O)C(c1ccccc1O)N(C(=O)C(C)NC(=O)OC(C)(C)C)C(C)C. The van der Waals surface area contributed by atoms with Crippen LogP contribution < -0.4 is 10.6 Å². The van der Waals surface area contributed by atoms with E-state index in [0.29, 0.717) is 10.7 Å². The average molecular weight is 504 g/mol. The summed E-state index contributed by atoms with van der Waals surface area (Å²) in [5, 5.41) is 16.3. The molecule has 2 aromatic rings. The van der Waals surface area contributed by atoms with Crippen molar-refractivity contribution in [1.82, 2.24) is 10.2 Å². The fourth-order valence-corrected chi connectivity index (χ4v) is 3.84. The van der Waals surface area contributed by atoms with Crippen molar-refractivity contribution in [1.29, 1.82) is 0 Å². The Bertz CT molecular complexity index is 1060. The Morgan fingerprint density at radius 3 is 2.20 bits per heavy atom. The third-order valence-electron chi connectivity index (χ3n) is 5.14. The van der Waals surface area contributed by atoms with Crippen molar-refractivity contribution in [2.75, 3.05) is 5.32 Å². The molecule has 2 unspecified atom stereocenters. The number of phenols is 1. The maximum Gasteiger partial charge on any atom is 0.408 e. The zero-order valence-corrected chi connectivity index (χ0v) is 21.9. The zero-order valence-electron chi connectivity index (χ0n) is 21.2. The molecule has 0 radical (unpaired) electrons. The van der Waals surface area contributed by atoms with Gasteiger partial charge in [0.05, 0.1) is 10.7 Å². The number of carbonyl (C=O) groups is 3. The van der Waals surface area contributed by atoms with Crippen LogP contribution in [0.4, 0.5) is 10.5 Å². The topological polar surface area (TPSA) is 108 Å². The Morgan fingerprint density at radius 2 is 1.66 bits per heavy atom. The van der Waals surface area contributed by atoms with Crippen LogP contribution in [0.2, 0.25) is 5.02 Å². The van der Waals surface area contributed by atoms with E-state index in [1.54, 1.807) is 77.9 Å². The summed E-state index contributed by atoms with van der Waals surface area (Å²) in [4.78, 5) is 40.8. The summed E-state index contributed by atoms with van der Waals surface area (Å²) >= 11 is 6.31. The van der Waals surface area contributed by atoms with Gasteiger partial charge in [0, 0.05) is 11.6 Å². The third kappa shape index (κ3) is 7.36. The van der Waals surface area contributed by atoms with E-state index in [4.69, 9.17) is 16.3 Å². The van der Waals surface area contributed by atoms with Crippen molar-refractivity contribution in [2.45, 2.75) is 72.2 Å². The van der Waals surface area contributed by atoms with Gasteiger partial charge in [0.1, 0.15) is 23.4 Å². The first kappa shape index (κ1) is 28.0. The van der Waals surface area contributed by atoms with E-state index in [2.05, 4.69) is 10.6 Å². The first-order valence-corrected chi connectivity index (χ1v) is 11.8. The lowest BCUT2D eigenvalue weighted by Gasteiger charge is -2.36. The first-order valence-electron chi connectivity index (χ1n) is 11.4. The molecular formula is C26H34ClN3O5. The number of ether oxygens (including phenoxy) is 1. The van der Waals surface area contributed by atoms with E-state index in [1.807, 2.05) is 0 Å². The smallest absolute Gasteiger partial charge is 0.408 e. The van der Waals surface area contributed by atoms with Crippen molar-refractivity contribution in [3.8, 4) is 5.75 Å². The zero-order chi connectivity index (χ0) is 26.5. The predicted molar refractivity (Wildman–Crippen MR) is 136 cm³/mol. The summed E-state index contributed by atoms with van der Waals surface area (Å²) in [5.41, 5.74) is 0.650. The Hall–Kier alpha value is -3.26. The molecule has 0 saturated carbocycles. The van der Waals surface area contributed by atoms with Gasteiger partial charge in [-0.1, -0.05) is 41.9 Å². The van der Waals surface area contributed by atoms with Gasteiger partial charge in [-0.2, -0.15) is 0 Å². The number of aromatic hydroxyl groups is 1. The number of aryl methyl sites for hydroxylation is 1. The number of carbonyl (C=O) groups excluding carboxylic acids is 3. The number of para-hydroxylation sites is 2.